The van der Waals surface area contributed by atoms with Gasteiger partial charge < -0.3 is 4.52 Å². The fourth-order valence-electron chi connectivity index (χ4n) is 1.26. The van der Waals surface area contributed by atoms with Crippen molar-refractivity contribution in [2.45, 2.75) is 39.0 Å². The van der Waals surface area contributed by atoms with E-state index in [2.05, 4.69) is 28.7 Å². The molecule has 0 saturated heterocycles. The van der Waals surface area contributed by atoms with Crippen LogP contribution in [0.5, 0.6) is 0 Å². The van der Waals surface area contributed by atoms with Gasteiger partial charge >= 0.3 is 0 Å². The van der Waals surface area contributed by atoms with Crippen molar-refractivity contribution in [2.24, 2.45) is 0 Å². The summed E-state index contributed by atoms with van der Waals surface area (Å²) in [5.41, 5.74) is 0.995. The van der Waals surface area contributed by atoms with Gasteiger partial charge in [-0.3, -0.25) is 0 Å². The second kappa shape index (κ2) is 4.11. The summed E-state index contributed by atoms with van der Waals surface area (Å²) in [5, 5.41) is 7.34. The average Bonchev–Trinajstić information content (AvgIpc) is 2.52. The van der Waals surface area contributed by atoms with Crippen LogP contribution in [0.3, 0.4) is 0 Å². The Balaban J connectivity index is 2.56. The van der Waals surface area contributed by atoms with E-state index in [1.54, 1.807) is 6.26 Å². The second-order valence-corrected chi connectivity index (χ2v) is 2.72. The molecule has 11 heavy (non-hydrogen) atoms. The summed E-state index contributed by atoms with van der Waals surface area (Å²) in [6, 6.07) is 0. The molecule has 0 fully saturated rings. The zero-order valence-electron chi connectivity index (χ0n) is 7.08. The van der Waals surface area contributed by atoms with Crippen LogP contribution in [0.2, 0.25) is 0 Å². The minimum Gasteiger partial charge on any atom is -0.345 e. The zero-order chi connectivity index (χ0) is 8.10. The number of rotatable bonds is 4. The van der Waals surface area contributed by atoms with Crippen LogP contribution in [-0.4, -0.2) is 10.4 Å². The Labute approximate surface area is 66.8 Å². The molecule has 0 radical (unpaired) electrons. The summed E-state index contributed by atoms with van der Waals surface area (Å²) < 4.78 is 4.68. The fourth-order valence-corrected chi connectivity index (χ4v) is 1.26. The van der Waals surface area contributed by atoms with E-state index in [-0.39, 0.29) is 0 Å². The first-order chi connectivity index (χ1) is 5.38. The lowest BCUT2D eigenvalue weighted by Gasteiger charge is -2.07. The number of hydrogen-bond acceptors (Lipinski definition) is 3. The average molecular weight is 154 g/mol. The summed E-state index contributed by atoms with van der Waals surface area (Å²) in [5.74, 6) is 0.534. The molecule has 1 aromatic heterocycles. The van der Waals surface area contributed by atoms with Crippen molar-refractivity contribution in [3.05, 3.63) is 12.0 Å². The molecule has 3 nitrogen and oxygen atoms in total. The van der Waals surface area contributed by atoms with Crippen LogP contribution in [0, 0.1) is 0 Å². The third-order valence-corrected chi connectivity index (χ3v) is 1.93. The maximum Gasteiger partial charge on any atom is 0.147 e. The summed E-state index contributed by atoms with van der Waals surface area (Å²) in [7, 11) is 0. The van der Waals surface area contributed by atoms with Crippen LogP contribution >= 0.6 is 0 Å². The van der Waals surface area contributed by atoms with Crippen molar-refractivity contribution in [1.29, 1.82) is 0 Å². The predicted octanol–water partition coefficient (Wildman–Crippen LogP) is 2.36. The summed E-state index contributed by atoms with van der Waals surface area (Å²) in [6.07, 6.45) is 5.11. The molecule has 1 rings (SSSR count). The summed E-state index contributed by atoms with van der Waals surface area (Å²) in [4.78, 5) is 0. The smallest absolute Gasteiger partial charge is 0.147 e. The second-order valence-electron chi connectivity index (χ2n) is 2.72. The van der Waals surface area contributed by atoms with E-state index in [0.717, 1.165) is 12.1 Å². The van der Waals surface area contributed by atoms with Crippen molar-refractivity contribution in [3.8, 4) is 0 Å². The van der Waals surface area contributed by atoms with Crippen molar-refractivity contribution < 1.29 is 4.52 Å². The zero-order valence-corrected chi connectivity index (χ0v) is 7.08. The van der Waals surface area contributed by atoms with Gasteiger partial charge in [-0.15, -0.1) is 5.10 Å². The predicted molar refractivity (Wildman–Crippen MR) is 42.2 cm³/mol. The van der Waals surface area contributed by atoms with Crippen LogP contribution < -0.4 is 0 Å². The van der Waals surface area contributed by atoms with Crippen molar-refractivity contribution in [2.75, 3.05) is 0 Å². The van der Waals surface area contributed by atoms with Crippen molar-refractivity contribution in [1.82, 2.24) is 10.4 Å². The van der Waals surface area contributed by atoms with E-state index in [0.29, 0.717) is 5.92 Å². The van der Waals surface area contributed by atoms with Gasteiger partial charge in [-0.2, -0.15) is 0 Å². The third kappa shape index (κ3) is 2.03. The molecule has 0 aliphatic rings. The van der Waals surface area contributed by atoms with Crippen LogP contribution in [0.25, 0.3) is 0 Å². The van der Waals surface area contributed by atoms with Gasteiger partial charge in [0.25, 0.3) is 0 Å². The SMILES string of the molecule is CCCC(CC)c1conn1. The molecular weight excluding hydrogens is 140 g/mol. The Bertz CT molecular complexity index is 184. The van der Waals surface area contributed by atoms with Gasteiger partial charge in [0.05, 0.1) is 0 Å². The Hall–Kier alpha value is -0.860. The van der Waals surface area contributed by atoms with Crippen LogP contribution in [-0.2, 0) is 0 Å². The van der Waals surface area contributed by atoms with Crippen molar-refractivity contribution >= 4 is 0 Å². The van der Waals surface area contributed by atoms with Crippen LogP contribution in [0.4, 0.5) is 0 Å². The molecule has 1 heterocycles. The van der Waals surface area contributed by atoms with Gasteiger partial charge in [0.1, 0.15) is 12.0 Å². The number of nitrogens with zero attached hydrogens (tertiary/aromatic N) is 2. The highest BCUT2D eigenvalue weighted by atomic mass is 16.5. The summed E-state index contributed by atoms with van der Waals surface area (Å²) in [6.45, 7) is 4.34. The standard InChI is InChI=1S/C8H14N2O/c1-3-5-7(4-2)8-6-11-10-9-8/h6-7H,3-5H2,1-2H3. The largest absolute Gasteiger partial charge is 0.345 e. The maximum atomic E-state index is 4.68. The minimum atomic E-state index is 0.534. The third-order valence-electron chi connectivity index (χ3n) is 1.93. The van der Waals surface area contributed by atoms with Crippen LogP contribution in [0.15, 0.2) is 10.8 Å². The lowest BCUT2D eigenvalue weighted by Crippen LogP contribution is -1.96. The van der Waals surface area contributed by atoms with E-state index in [9.17, 15) is 0 Å². The van der Waals surface area contributed by atoms with E-state index < -0.39 is 0 Å². The van der Waals surface area contributed by atoms with Gasteiger partial charge in [-0.1, -0.05) is 20.3 Å². The van der Waals surface area contributed by atoms with Gasteiger partial charge in [-0.05, 0) is 12.8 Å². The molecule has 0 aromatic carbocycles. The molecule has 3 heteroatoms. The highest BCUT2D eigenvalue weighted by molar-refractivity contribution is 4.98. The molecule has 1 unspecified atom stereocenters. The normalized spacial score (nSPS) is 13.3. The molecular formula is C8H14N2O. The topological polar surface area (TPSA) is 38.9 Å². The van der Waals surface area contributed by atoms with E-state index in [4.69, 9.17) is 0 Å². The molecule has 1 aromatic rings. The molecule has 0 aliphatic carbocycles. The first-order valence-corrected chi connectivity index (χ1v) is 4.15. The van der Waals surface area contributed by atoms with E-state index >= 15 is 0 Å². The van der Waals surface area contributed by atoms with Gasteiger partial charge in [0.15, 0.2) is 0 Å². The highest BCUT2D eigenvalue weighted by Crippen LogP contribution is 2.21. The lowest BCUT2D eigenvalue weighted by atomic mass is 9.98. The number of hydrogen-bond donors (Lipinski definition) is 0. The molecule has 1 atom stereocenters. The van der Waals surface area contributed by atoms with Crippen molar-refractivity contribution in [3.63, 3.8) is 0 Å². The lowest BCUT2D eigenvalue weighted by molar-refractivity contribution is 0.392. The first-order valence-electron chi connectivity index (χ1n) is 4.15. The fraction of sp³-hybridized carbons (Fsp3) is 0.750. The first kappa shape index (κ1) is 8.24. The van der Waals surface area contributed by atoms with Crippen LogP contribution in [0.1, 0.15) is 44.7 Å². The van der Waals surface area contributed by atoms with Gasteiger partial charge in [0.2, 0.25) is 0 Å². The van der Waals surface area contributed by atoms with E-state index in [1.165, 1.54) is 12.8 Å². The highest BCUT2D eigenvalue weighted by Gasteiger charge is 2.11. The molecule has 0 bridgehead atoms. The summed E-state index contributed by atoms with van der Waals surface area (Å²) >= 11 is 0. The molecule has 0 aliphatic heterocycles. The molecule has 62 valence electrons. The Morgan fingerprint density at radius 2 is 2.36 bits per heavy atom. The quantitative estimate of drug-likeness (QED) is 0.668. The molecule has 0 saturated carbocycles. The molecule has 0 N–H and O–H groups in total. The molecule has 0 spiro atoms. The monoisotopic (exact) mass is 154 g/mol. The minimum absolute atomic E-state index is 0.534. The Morgan fingerprint density at radius 1 is 1.55 bits per heavy atom. The van der Waals surface area contributed by atoms with Gasteiger partial charge in [0, 0.05) is 11.2 Å². The Morgan fingerprint density at radius 3 is 2.82 bits per heavy atom. The van der Waals surface area contributed by atoms with E-state index in [1.807, 2.05) is 0 Å². The van der Waals surface area contributed by atoms with Gasteiger partial charge in [-0.25, -0.2) is 0 Å². The number of aromatic nitrogens is 2. The molecule has 0 amide bonds. The Kier molecular flexibility index (Phi) is 3.08. The maximum absolute atomic E-state index is 4.68.